The first kappa shape index (κ1) is 14.0. The summed E-state index contributed by atoms with van der Waals surface area (Å²) < 4.78 is 10.6. The Balaban J connectivity index is 1.85. The molecular weight excluding hydrogens is 272 g/mol. The monoisotopic (exact) mass is 290 g/mol. The lowest BCUT2D eigenvalue weighted by Crippen LogP contribution is -2.44. The van der Waals surface area contributed by atoms with E-state index in [0.717, 1.165) is 5.52 Å². The number of fused-ring (bicyclic) bond motifs is 1. The fraction of sp³-hybridized carbons (Fsp3) is 0.500. The van der Waals surface area contributed by atoms with Crippen LogP contribution in [0.3, 0.4) is 0 Å². The molecule has 1 fully saturated rings. The van der Waals surface area contributed by atoms with Crippen molar-refractivity contribution in [1.82, 2.24) is 15.4 Å². The van der Waals surface area contributed by atoms with Gasteiger partial charge in [-0.15, -0.1) is 0 Å². The Kier molecular flexibility index (Phi) is 3.85. The van der Waals surface area contributed by atoms with Crippen LogP contribution in [-0.2, 0) is 14.3 Å². The number of nitrogens with one attached hydrogen (secondary N) is 2. The molecule has 0 saturated carbocycles. The third-order valence-electron chi connectivity index (χ3n) is 3.95. The first-order valence-corrected chi connectivity index (χ1v) is 6.93. The average Bonchev–Trinajstić information content (AvgIpc) is 2.98. The Morgan fingerprint density at radius 1 is 1.43 bits per heavy atom. The van der Waals surface area contributed by atoms with Gasteiger partial charge in [-0.1, -0.05) is 6.07 Å². The predicted octanol–water partition coefficient (Wildman–Crippen LogP) is 1.34. The summed E-state index contributed by atoms with van der Waals surface area (Å²) in [5, 5.41) is 13.6. The molecule has 1 aromatic carbocycles. The van der Waals surface area contributed by atoms with Gasteiger partial charge in [-0.3, -0.25) is 4.79 Å². The maximum absolute atomic E-state index is 12.7. The van der Waals surface area contributed by atoms with Gasteiger partial charge in [-0.25, -0.2) is 0 Å². The van der Waals surface area contributed by atoms with E-state index in [9.17, 15) is 4.79 Å². The number of H-pyrrole nitrogens is 1. The molecule has 1 saturated heterocycles. The van der Waals surface area contributed by atoms with Gasteiger partial charge in [-0.05, 0) is 25.0 Å². The van der Waals surface area contributed by atoms with Gasteiger partial charge in [-0.2, -0.15) is 15.4 Å². The number of hydrogen-bond donors (Lipinski definition) is 2. The third kappa shape index (κ3) is 2.62. The Hall–Kier alpha value is -1.99. The number of hydrogen-bond acceptors (Lipinski definition) is 5. The van der Waals surface area contributed by atoms with Gasteiger partial charge in [0.25, 0.3) is 0 Å². The van der Waals surface area contributed by atoms with Crippen LogP contribution in [0.1, 0.15) is 12.8 Å². The number of carbonyl (C=O) groups excluding carboxylic acids is 1. The number of carbonyl (C=O) groups is 1. The number of benzene rings is 1. The zero-order valence-corrected chi connectivity index (χ0v) is 11.9. The third-order valence-corrected chi connectivity index (χ3v) is 3.95. The molecule has 0 atom stereocenters. The van der Waals surface area contributed by atoms with E-state index in [2.05, 4.69) is 20.7 Å². The van der Waals surface area contributed by atoms with Crippen LogP contribution in [0.2, 0.25) is 0 Å². The molecule has 7 nitrogen and oxygen atoms in total. The Labute approximate surface area is 122 Å². The summed E-state index contributed by atoms with van der Waals surface area (Å²) in [7, 11) is 1.61. The first-order valence-electron chi connectivity index (χ1n) is 6.93. The summed E-state index contributed by atoms with van der Waals surface area (Å²) >= 11 is 0. The predicted molar refractivity (Wildman–Crippen MR) is 76.9 cm³/mol. The van der Waals surface area contributed by atoms with Crippen LogP contribution in [-0.4, -0.2) is 48.2 Å². The van der Waals surface area contributed by atoms with Gasteiger partial charge in [0, 0.05) is 20.3 Å². The van der Waals surface area contributed by atoms with Crippen LogP contribution < -0.4 is 5.32 Å². The van der Waals surface area contributed by atoms with Crippen molar-refractivity contribution in [3.8, 4) is 0 Å². The van der Waals surface area contributed by atoms with Crippen LogP contribution in [0.5, 0.6) is 0 Å². The second kappa shape index (κ2) is 5.79. The summed E-state index contributed by atoms with van der Waals surface area (Å²) in [6, 6.07) is 5.50. The van der Waals surface area contributed by atoms with Crippen molar-refractivity contribution in [3.05, 3.63) is 18.2 Å². The topological polar surface area (TPSA) is 89.1 Å². The van der Waals surface area contributed by atoms with Gasteiger partial charge in [0.05, 0.1) is 17.7 Å². The molecule has 112 valence electrons. The molecule has 1 amide bonds. The van der Waals surface area contributed by atoms with E-state index in [1.165, 1.54) is 0 Å². The molecule has 1 aliphatic heterocycles. The molecule has 2 N–H and O–H groups in total. The summed E-state index contributed by atoms with van der Waals surface area (Å²) in [5.74, 6) is -0.0526. The van der Waals surface area contributed by atoms with Crippen molar-refractivity contribution >= 4 is 22.6 Å². The van der Waals surface area contributed by atoms with E-state index in [1.54, 1.807) is 7.11 Å². The normalized spacial score (nSPS) is 17.8. The van der Waals surface area contributed by atoms with Crippen LogP contribution in [0.4, 0.5) is 5.69 Å². The number of amides is 1. The molecule has 21 heavy (non-hydrogen) atoms. The Morgan fingerprint density at radius 2 is 2.24 bits per heavy atom. The maximum Gasteiger partial charge on any atom is 0.233 e. The number of nitrogens with zero attached hydrogens (tertiary/aromatic N) is 2. The first-order chi connectivity index (χ1) is 10.2. The van der Waals surface area contributed by atoms with Crippen molar-refractivity contribution in [2.24, 2.45) is 5.41 Å². The second-order valence-electron chi connectivity index (χ2n) is 5.28. The fourth-order valence-corrected chi connectivity index (χ4v) is 2.70. The molecule has 0 spiro atoms. The van der Waals surface area contributed by atoms with Crippen molar-refractivity contribution in [3.63, 3.8) is 0 Å². The van der Waals surface area contributed by atoms with E-state index in [1.807, 2.05) is 18.2 Å². The number of rotatable bonds is 4. The minimum Gasteiger partial charge on any atom is -0.384 e. The van der Waals surface area contributed by atoms with Crippen molar-refractivity contribution in [1.29, 1.82) is 0 Å². The molecule has 0 bridgehead atoms. The number of aromatic nitrogens is 3. The van der Waals surface area contributed by atoms with Crippen LogP contribution >= 0.6 is 0 Å². The van der Waals surface area contributed by atoms with Crippen LogP contribution in [0.15, 0.2) is 18.2 Å². The minimum absolute atomic E-state index is 0.0526. The lowest BCUT2D eigenvalue weighted by atomic mass is 9.80. The molecule has 2 aromatic rings. The van der Waals surface area contributed by atoms with Gasteiger partial charge in [0.15, 0.2) is 0 Å². The molecule has 1 aromatic heterocycles. The number of ether oxygens (including phenoxy) is 2. The highest BCUT2D eigenvalue weighted by molar-refractivity contribution is 6.01. The second-order valence-corrected chi connectivity index (χ2v) is 5.28. The molecule has 0 radical (unpaired) electrons. The molecular formula is C14H18N4O3. The van der Waals surface area contributed by atoms with Crippen LogP contribution in [0, 0.1) is 5.41 Å². The van der Waals surface area contributed by atoms with Crippen LogP contribution in [0.25, 0.3) is 11.0 Å². The van der Waals surface area contributed by atoms with Crippen molar-refractivity contribution < 1.29 is 14.3 Å². The lowest BCUT2D eigenvalue weighted by Gasteiger charge is -2.34. The quantitative estimate of drug-likeness (QED) is 0.887. The largest absolute Gasteiger partial charge is 0.384 e. The standard InChI is InChI=1S/C14H18N4O3/c1-20-9-14(5-7-21-8-6-14)13(19)15-10-3-2-4-11-12(10)17-18-16-11/h2-4H,5-9H2,1H3,(H,15,19)(H,16,17,18). The van der Waals surface area contributed by atoms with E-state index in [0.29, 0.717) is 43.9 Å². The van der Waals surface area contributed by atoms with E-state index in [-0.39, 0.29) is 5.91 Å². The zero-order valence-electron chi connectivity index (χ0n) is 11.9. The smallest absolute Gasteiger partial charge is 0.233 e. The van der Waals surface area contributed by atoms with Crippen molar-refractivity contribution in [2.75, 3.05) is 32.2 Å². The Morgan fingerprint density at radius 3 is 3.00 bits per heavy atom. The Bertz CT molecular complexity index is 628. The highest BCUT2D eigenvalue weighted by Crippen LogP contribution is 2.33. The number of anilines is 1. The number of aromatic amines is 1. The lowest BCUT2D eigenvalue weighted by molar-refractivity contribution is -0.135. The molecule has 0 unspecified atom stereocenters. The summed E-state index contributed by atoms with van der Waals surface area (Å²) in [6.07, 6.45) is 1.31. The maximum atomic E-state index is 12.7. The average molecular weight is 290 g/mol. The van der Waals surface area contributed by atoms with E-state index in [4.69, 9.17) is 9.47 Å². The highest BCUT2D eigenvalue weighted by atomic mass is 16.5. The van der Waals surface area contributed by atoms with Gasteiger partial charge in [0.1, 0.15) is 11.0 Å². The number of para-hydroxylation sites is 1. The summed E-state index contributed by atoms with van der Waals surface area (Å²) in [5.41, 5.74) is 1.50. The van der Waals surface area contributed by atoms with E-state index >= 15 is 0 Å². The fourth-order valence-electron chi connectivity index (χ4n) is 2.70. The van der Waals surface area contributed by atoms with Gasteiger partial charge in [0.2, 0.25) is 5.91 Å². The highest BCUT2D eigenvalue weighted by Gasteiger charge is 2.40. The van der Waals surface area contributed by atoms with Gasteiger partial charge < -0.3 is 14.8 Å². The molecule has 7 heteroatoms. The van der Waals surface area contributed by atoms with Gasteiger partial charge >= 0.3 is 0 Å². The molecule has 2 heterocycles. The molecule has 0 aliphatic carbocycles. The SMILES string of the molecule is COCC1(C(=O)Nc2cccc3n[nH]nc23)CCOCC1. The minimum atomic E-state index is -0.543. The van der Waals surface area contributed by atoms with E-state index < -0.39 is 5.41 Å². The number of methoxy groups -OCH3 is 1. The summed E-state index contributed by atoms with van der Waals surface area (Å²) in [4.78, 5) is 12.7. The molecule has 3 rings (SSSR count). The van der Waals surface area contributed by atoms with Crippen molar-refractivity contribution in [2.45, 2.75) is 12.8 Å². The molecule has 1 aliphatic rings. The zero-order chi connectivity index (χ0) is 14.7. The summed E-state index contributed by atoms with van der Waals surface area (Å²) in [6.45, 7) is 1.53.